The van der Waals surface area contributed by atoms with Gasteiger partial charge in [-0.3, -0.25) is 10.1 Å². The summed E-state index contributed by atoms with van der Waals surface area (Å²) in [5.41, 5.74) is 5.37. The fourth-order valence-electron chi connectivity index (χ4n) is 1.51. The first-order chi connectivity index (χ1) is 7.15. The fraction of sp³-hybridized carbons (Fsp3) is 0.778. The molecule has 6 nitrogen and oxygen atoms in total. The Kier molecular flexibility index (Phi) is 4.36. The van der Waals surface area contributed by atoms with Gasteiger partial charge in [-0.05, 0) is 19.8 Å². The van der Waals surface area contributed by atoms with E-state index in [0.29, 0.717) is 0 Å². The molecular formula is C9H18N4O2. The number of carbonyl (C=O) groups is 1. The van der Waals surface area contributed by atoms with E-state index in [2.05, 4.69) is 10.5 Å². The summed E-state index contributed by atoms with van der Waals surface area (Å²) in [5, 5.41) is 14.2. The van der Waals surface area contributed by atoms with Crippen LogP contribution < -0.4 is 11.1 Å². The first-order valence-electron chi connectivity index (χ1n) is 5.13. The van der Waals surface area contributed by atoms with Gasteiger partial charge in [0, 0.05) is 13.1 Å². The summed E-state index contributed by atoms with van der Waals surface area (Å²) in [5.74, 6) is 0.161. The Morgan fingerprint density at radius 3 is 2.73 bits per heavy atom. The molecule has 0 radical (unpaired) electrons. The van der Waals surface area contributed by atoms with Crippen LogP contribution in [0.5, 0.6) is 0 Å². The number of amides is 1. The lowest BCUT2D eigenvalue weighted by molar-refractivity contribution is -0.129. The lowest BCUT2D eigenvalue weighted by atomic mass is 10.3. The molecule has 1 heterocycles. The maximum atomic E-state index is 11.6. The molecule has 86 valence electrons. The van der Waals surface area contributed by atoms with Crippen LogP contribution in [-0.4, -0.2) is 47.5 Å². The monoisotopic (exact) mass is 214 g/mol. The van der Waals surface area contributed by atoms with Crippen LogP contribution in [0.25, 0.3) is 0 Å². The maximum Gasteiger partial charge on any atom is 0.236 e. The molecular weight excluding hydrogens is 196 g/mol. The summed E-state index contributed by atoms with van der Waals surface area (Å²) in [6.07, 6.45) is 2.17. The van der Waals surface area contributed by atoms with Crippen molar-refractivity contribution < 1.29 is 10.0 Å². The zero-order valence-electron chi connectivity index (χ0n) is 8.94. The third kappa shape index (κ3) is 3.39. The van der Waals surface area contributed by atoms with E-state index in [1.807, 2.05) is 4.90 Å². The van der Waals surface area contributed by atoms with Gasteiger partial charge < -0.3 is 15.8 Å². The van der Waals surface area contributed by atoms with E-state index in [-0.39, 0.29) is 24.3 Å². The van der Waals surface area contributed by atoms with E-state index in [4.69, 9.17) is 10.9 Å². The Bertz CT molecular complexity index is 248. The van der Waals surface area contributed by atoms with Gasteiger partial charge >= 0.3 is 0 Å². The normalized spacial score (nSPS) is 19.3. The molecule has 0 aromatic heterocycles. The minimum atomic E-state index is -0.290. The van der Waals surface area contributed by atoms with Gasteiger partial charge in [0.05, 0.1) is 12.6 Å². The zero-order valence-corrected chi connectivity index (χ0v) is 8.94. The average Bonchev–Trinajstić information content (AvgIpc) is 2.77. The highest BCUT2D eigenvalue weighted by atomic mass is 16.4. The molecule has 4 N–H and O–H groups in total. The van der Waals surface area contributed by atoms with Crippen LogP contribution in [0.3, 0.4) is 0 Å². The Morgan fingerprint density at radius 1 is 1.60 bits per heavy atom. The van der Waals surface area contributed by atoms with Crippen LogP contribution >= 0.6 is 0 Å². The number of nitrogens with two attached hydrogens (primary N) is 1. The van der Waals surface area contributed by atoms with E-state index in [1.165, 1.54) is 0 Å². The third-order valence-electron chi connectivity index (χ3n) is 2.58. The maximum absolute atomic E-state index is 11.6. The number of amidine groups is 1. The van der Waals surface area contributed by atoms with E-state index in [1.54, 1.807) is 6.92 Å². The number of hydrogen-bond acceptors (Lipinski definition) is 4. The molecule has 1 fully saturated rings. The highest BCUT2D eigenvalue weighted by Crippen LogP contribution is 2.06. The van der Waals surface area contributed by atoms with Crippen LogP contribution in [0.1, 0.15) is 19.8 Å². The number of rotatable bonds is 4. The number of nitrogens with zero attached hydrogens (tertiary/aromatic N) is 2. The van der Waals surface area contributed by atoms with Gasteiger partial charge in [-0.15, -0.1) is 0 Å². The Morgan fingerprint density at radius 2 is 2.20 bits per heavy atom. The van der Waals surface area contributed by atoms with Crippen molar-refractivity contribution in [3.05, 3.63) is 0 Å². The summed E-state index contributed by atoms with van der Waals surface area (Å²) in [4.78, 5) is 13.4. The lowest BCUT2D eigenvalue weighted by Crippen LogP contribution is -2.44. The van der Waals surface area contributed by atoms with E-state index in [9.17, 15) is 4.79 Å². The molecule has 0 saturated carbocycles. The van der Waals surface area contributed by atoms with E-state index >= 15 is 0 Å². The van der Waals surface area contributed by atoms with Crippen molar-refractivity contribution in [3.8, 4) is 0 Å². The van der Waals surface area contributed by atoms with Gasteiger partial charge in [0.2, 0.25) is 5.91 Å². The number of likely N-dealkylation sites (tertiary alicyclic amines) is 1. The molecule has 0 aliphatic carbocycles. The predicted octanol–water partition coefficient (Wildman–Crippen LogP) is -0.667. The number of oxime groups is 1. The molecule has 1 aliphatic rings. The Hall–Kier alpha value is -1.30. The van der Waals surface area contributed by atoms with Crippen LogP contribution in [-0.2, 0) is 4.79 Å². The lowest BCUT2D eigenvalue weighted by Gasteiger charge is -2.17. The van der Waals surface area contributed by atoms with Gasteiger partial charge in [0.1, 0.15) is 0 Å². The summed E-state index contributed by atoms with van der Waals surface area (Å²) in [6, 6.07) is -0.290. The van der Waals surface area contributed by atoms with Crippen LogP contribution in [0.2, 0.25) is 0 Å². The predicted molar refractivity (Wildman–Crippen MR) is 56.7 cm³/mol. The molecule has 1 amide bonds. The fourth-order valence-corrected chi connectivity index (χ4v) is 1.51. The second-order valence-electron chi connectivity index (χ2n) is 3.72. The molecule has 0 aromatic carbocycles. The molecule has 1 atom stereocenters. The molecule has 1 unspecified atom stereocenters. The second kappa shape index (κ2) is 5.55. The molecule has 1 rings (SSSR count). The second-order valence-corrected chi connectivity index (χ2v) is 3.72. The average molecular weight is 214 g/mol. The molecule has 0 bridgehead atoms. The number of nitrogens with one attached hydrogen (secondary N) is 1. The van der Waals surface area contributed by atoms with Crippen LogP contribution in [0, 0.1) is 0 Å². The van der Waals surface area contributed by atoms with Crippen LogP contribution in [0.4, 0.5) is 0 Å². The summed E-state index contributed by atoms with van der Waals surface area (Å²) < 4.78 is 0. The first kappa shape index (κ1) is 11.8. The SMILES string of the molecule is CC(NCC(=O)N1CCCC1)C(N)=NO. The van der Waals surface area contributed by atoms with Crippen molar-refractivity contribution >= 4 is 11.7 Å². The van der Waals surface area contributed by atoms with Crippen molar-refractivity contribution in [3.63, 3.8) is 0 Å². The summed E-state index contributed by atoms with van der Waals surface area (Å²) in [7, 11) is 0. The van der Waals surface area contributed by atoms with Crippen molar-refractivity contribution in [2.24, 2.45) is 10.9 Å². The Balaban J connectivity index is 2.27. The third-order valence-corrected chi connectivity index (χ3v) is 2.58. The van der Waals surface area contributed by atoms with Crippen molar-refractivity contribution in [1.82, 2.24) is 10.2 Å². The van der Waals surface area contributed by atoms with Crippen molar-refractivity contribution in [2.45, 2.75) is 25.8 Å². The standard InChI is InChI=1S/C9H18N4O2/c1-7(9(10)12-15)11-6-8(14)13-4-2-3-5-13/h7,11,15H,2-6H2,1H3,(H2,10,12). The molecule has 1 saturated heterocycles. The zero-order chi connectivity index (χ0) is 11.3. The molecule has 6 heteroatoms. The smallest absolute Gasteiger partial charge is 0.236 e. The van der Waals surface area contributed by atoms with Gasteiger partial charge in [-0.25, -0.2) is 0 Å². The highest BCUT2D eigenvalue weighted by molar-refractivity contribution is 5.86. The van der Waals surface area contributed by atoms with Gasteiger partial charge in [-0.1, -0.05) is 5.16 Å². The van der Waals surface area contributed by atoms with Gasteiger partial charge in [0.25, 0.3) is 0 Å². The number of carbonyl (C=O) groups excluding carboxylic acids is 1. The van der Waals surface area contributed by atoms with Crippen LogP contribution in [0.15, 0.2) is 5.16 Å². The highest BCUT2D eigenvalue weighted by Gasteiger charge is 2.18. The Labute approximate surface area is 89.1 Å². The largest absolute Gasteiger partial charge is 0.409 e. The minimum absolute atomic E-state index is 0.0742. The van der Waals surface area contributed by atoms with Gasteiger partial charge in [0.15, 0.2) is 5.84 Å². The summed E-state index contributed by atoms with van der Waals surface area (Å²) >= 11 is 0. The molecule has 0 aromatic rings. The quantitative estimate of drug-likeness (QED) is 0.250. The molecule has 0 spiro atoms. The summed E-state index contributed by atoms with van der Waals surface area (Å²) in [6.45, 7) is 3.67. The first-order valence-corrected chi connectivity index (χ1v) is 5.13. The topological polar surface area (TPSA) is 91.0 Å². The minimum Gasteiger partial charge on any atom is -0.409 e. The van der Waals surface area contributed by atoms with Crippen molar-refractivity contribution in [1.29, 1.82) is 0 Å². The van der Waals surface area contributed by atoms with E-state index < -0.39 is 0 Å². The number of hydrogen-bond donors (Lipinski definition) is 3. The molecule has 1 aliphatic heterocycles. The van der Waals surface area contributed by atoms with Crippen molar-refractivity contribution in [2.75, 3.05) is 19.6 Å². The van der Waals surface area contributed by atoms with E-state index in [0.717, 1.165) is 25.9 Å². The van der Waals surface area contributed by atoms with Gasteiger partial charge in [-0.2, -0.15) is 0 Å². The molecule has 15 heavy (non-hydrogen) atoms.